The van der Waals surface area contributed by atoms with Gasteiger partial charge in [0.1, 0.15) is 12.4 Å². The van der Waals surface area contributed by atoms with E-state index in [0.29, 0.717) is 13.2 Å². The molecule has 5 nitrogen and oxygen atoms in total. The number of benzene rings is 3. The summed E-state index contributed by atoms with van der Waals surface area (Å²) in [5.74, 6) is 0.299. The Bertz CT molecular complexity index is 969. The van der Waals surface area contributed by atoms with E-state index in [0.717, 1.165) is 26.6 Å². The molecule has 6 heteroatoms. The minimum Gasteiger partial charge on any atom is -0.492 e. The molecule has 144 valence electrons. The molecule has 3 rings (SSSR count). The lowest BCUT2D eigenvalue weighted by Gasteiger charge is -2.10. The zero-order valence-corrected chi connectivity index (χ0v) is 16.9. The normalized spacial score (nSPS) is 10.5. The largest absolute Gasteiger partial charge is 0.492 e. The van der Waals surface area contributed by atoms with Crippen molar-refractivity contribution in [2.24, 2.45) is 0 Å². The van der Waals surface area contributed by atoms with Crippen LogP contribution < -0.4 is 15.4 Å². The second-order valence-corrected chi connectivity index (χ2v) is 7.16. The van der Waals surface area contributed by atoms with Crippen molar-refractivity contribution in [1.29, 1.82) is 0 Å². The predicted octanol–water partition coefficient (Wildman–Crippen LogP) is 3.46. The number of ether oxygens (including phenoxy) is 1. The summed E-state index contributed by atoms with van der Waals surface area (Å²) >= 11 is 3.38. The van der Waals surface area contributed by atoms with Crippen molar-refractivity contribution < 1.29 is 14.3 Å². The Labute approximate surface area is 172 Å². The molecule has 0 aliphatic rings. The molecule has 0 saturated carbocycles. The van der Waals surface area contributed by atoms with Crippen LogP contribution in [0.5, 0.6) is 5.75 Å². The van der Waals surface area contributed by atoms with Crippen LogP contribution in [0.4, 0.5) is 0 Å². The summed E-state index contributed by atoms with van der Waals surface area (Å²) in [5, 5.41) is 7.53. The molecule has 3 aromatic carbocycles. The Hall–Kier alpha value is -2.86. The summed E-state index contributed by atoms with van der Waals surface area (Å²) in [6.45, 7) is 0.664. The third-order valence-corrected chi connectivity index (χ3v) is 4.66. The monoisotopic (exact) mass is 440 g/mol. The zero-order chi connectivity index (χ0) is 19.8. The average molecular weight is 441 g/mol. The molecule has 3 aromatic rings. The quantitative estimate of drug-likeness (QED) is 0.527. The summed E-state index contributed by atoms with van der Waals surface area (Å²) in [5.41, 5.74) is 0.943. The van der Waals surface area contributed by atoms with Gasteiger partial charge in [0.05, 0.1) is 19.5 Å². The SMILES string of the molecule is O=C(CNC(=O)Cc1cccc2ccccc12)NCCOc1cccc(Br)c1. The van der Waals surface area contributed by atoms with E-state index >= 15 is 0 Å². The molecular weight excluding hydrogens is 420 g/mol. The summed E-state index contributed by atoms with van der Waals surface area (Å²) < 4.78 is 6.48. The Morgan fingerprint density at radius 3 is 2.54 bits per heavy atom. The van der Waals surface area contributed by atoms with E-state index in [1.165, 1.54) is 0 Å². The van der Waals surface area contributed by atoms with Crippen molar-refractivity contribution in [2.75, 3.05) is 19.7 Å². The van der Waals surface area contributed by atoms with Crippen LogP contribution in [0, 0.1) is 0 Å². The first-order chi connectivity index (χ1) is 13.6. The molecule has 0 aliphatic heterocycles. The molecule has 0 bridgehead atoms. The van der Waals surface area contributed by atoms with Crippen molar-refractivity contribution in [1.82, 2.24) is 10.6 Å². The van der Waals surface area contributed by atoms with Gasteiger partial charge in [0.25, 0.3) is 0 Å². The zero-order valence-electron chi connectivity index (χ0n) is 15.3. The number of hydrogen-bond donors (Lipinski definition) is 2. The van der Waals surface area contributed by atoms with E-state index in [2.05, 4.69) is 26.6 Å². The van der Waals surface area contributed by atoms with Crippen molar-refractivity contribution in [3.8, 4) is 5.75 Å². The molecule has 0 fully saturated rings. The summed E-state index contributed by atoms with van der Waals surface area (Å²) in [6, 6.07) is 21.3. The van der Waals surface area contributed by atoms with E-state index in [9.17, 15) is 9.59 Å². The summed E-state index contributed by atoms with van der Waals surface area (Å²) in [4.78, 5) is 24.1. The van der Waals surface area contributed by atoms with Gasteiger partial charge >= 0.3 is 0 Å². The Morgan fingerprint density at radius 1 is 0.893 bits per heavy atom. The Balaban J connectivity index is 1.38. The molecule has 2 amide bonds. The van der Waals surface area contributed by atoms with Crippen molar-refractivity contribution in [3.63, 3.8) is 0 Å². The van der Waals surface area contributed by atoms with Crippen molar-refractivity contribution >= 4 is 38.5 Å². The van der Waals surface area contributed by atoms with E-state index in [4.69, 9.17) is 4.74 Å². The fourth-order valence-corrected chi connectivity index (χ4v) is 3.22. The van der Waals surface area contributed by atoms with E-state index in [-0.39, 0.29) is 24.8 Å². The molecule has 0 heterocycles. The van der Waals surface area contributed by atoms with Crippen molar-refractivity contribution in [2.45, 2.75) is 6.42 Å². The lowest BCUT2D eigenvalue weighted by atomic mass is 10.0. The molecule has 0 radical (unpaired) electrons. The van der Waals surface area contributed by atoms with Gasteiger partial charge in [0.2, 0.25) is 11.8 Å². The molecule has 0 aromatic heterocycles. The molecule has 2 N–H and O–H groups in total. The van der Waals surface area contributed by atoms with Gasteiger partial charge in [-0.05, 0) is 34.5 Å². The first-order valence-electron chi connectivity index (χ1n) is 9.00. The van der Waals surface area contributed by atoms with Gasteiger partial charge in [-0.25, -0.2) is 0 Å². The maximum atomic E-state index is 12.2. The number of amides is 2. The van der Waals surface area contributed by atoms with Crippen LogP contribution in [0.15, 0.2) is 71.2 Å². The van der Waals surface area contributed by atoms with Gasteiger partial charge in [-0.2, -0.15) is 0 Å². The molecule has 0 unspecified atom stereocenters. The smallest absolute Gasteiger partial charge is 0.239 e. The number of halogens is 1. The highest BCUT2D eigenvalue weighted by molar-refractivity contribution is 9.10. The van der Waals surface area contributed by atoms with Crippen LogP contribution in [-0.2, 0) is 16.0 Å². The maximum Gasteiger partial charge on any atom is 0.239 e. The first kappa shape index (κ1) is 19.9. The van der Waals surface area contributed by atoms with E-state index in [1.54, 1.807) is 0 Å². The van der Waals surface area contributed by atoms with E-state index < -0.39 is 0 Å². The fraction of sp³-hybridized carbons (Fsp3) is 0.182. The summed E-state index contributed by atoms with van der Waals surface area (Å²) in [6.07, 6.45) is 0.237. The molecule has 0 spiro atoms. The van der Waals surface area contributed by atoms with Crippen LogP contribution in [0.1, 0.15) is 5.56 Å². The molecule has 0 aliphatic carbocycles. The Morgan fingerprint density at radius 2 is 1.68 bits per heavy atom. The predicted molar refractivity (Wildman–Crippen MR) is 113 cm³/mol. The lowest BCUT2D eigenvalue weighted by molar-refractivity contribution is -0.125. The van der Waals surface area contributed by atoms with Crippen LogP contribution in [0.3, 0.4) is 0 Å². The minimum absolute atomic E-state index is 0.0551. The number of nitrogens with one attached hydrogen (secondary N) is 2. The molecule has 0 atom stereocenters. The van der Waals surface area contributed by atoms with Gasteiger partial charge in [-0.15, -0.1) is 0 Å². The van der Waals surface area contributed by atoms with Crippen LogP contribution in [0.2, 0.25) is 0 Å². The van der Waals surface area contributed by atoms with Crippen LogP contribution >= 0.6 is 15.9 Å². The molecule has 28 heavy (non-hydrogen) atoms. The second-order valence-electron chi connectivity index (χ2n) is 6.25. The minimum atomic E-state index is -0.246. The topological polar surface area (TPSA) is 67.4 Å². The third-order valence-electron chi connectivity index (χ3n) is 4.17. The fourth-order valence-electron chi connectivity index (χ4n) is 2.84. The number of fused-ring (bicyclic) bond motifs is 1. The van der Waals surface area contributed by atoms with Gasteiger partial charge in [-0.1, -0.05) is 64.5 Å². The lowest BCUT2D eigenvalue weighted by Crippen LogP contribution is -2.39. The maximum absolute atomic E-state index is 12.2. The summed E-state index contributed by atoms with van der Waals surface area (Å²) in [7, 11) is 0. The van der Waals surface area contributed by atoms with Gasteiger partial charge < -0.3 is 15.4 Å². The van der Waals surface area contributed by atoms with Gasteiger partial charge in [-0.3, -0.25) is 9.59 Å². The first-order valence-corrected chi connectivity index (χ1v) is 9.79. The standard InChI is InChI=1S/C22H21BrN2O3/c23-18-8-4-9-19(14-18)28-12-11-24-22(27)15-25-21(26)13-17-7-3-6-16-5-1-2-10-20(16)17/h1-10,14H,11-13,15H2,(H,24,27)(H,25,26). The Kier molecular flexibility index (Phi) is 7.03. The van der Waals surface area contributed by atoms with Gasteiger partial charge in [0.15, 0.2) is 0 Å². The highest BCUT2D eigenvalue weighted by Crippen LogP contribution is 2.19. The van der Waals surface area contributed by atoms with Crippen molar-refractivity contribution in [3.05, 3.63) is 76.8 Å². The average Bonchev–Trinajstić information content (AvgIpc) is 2.70. The third kappa shape index (κ3) is 5.82. The molecule has 0 saturated heterocycles. The number of carbonyl (C=O) groups is 2. The second kappa shape index (κ2) is 9.90. The number of carbonyl (C=O) groups excluding carboxylic acids is 2. The van der Waals surface area contributed by atoms with Gasteiger partial charge in [0, 0.05) is 4.47 Å². The van der Waals surface area contributed by atoms with Crippen LogP contribution in [-0.4, -0.2) is 31.5 Å². The van der Waals surface area contributed by atoms with E-state index in [1.807, 2.05) is 66.7 Å². The highest BCUT2D eigenvalue weighted by atomic mass is 79.9. The number of hydrogen-bond acceptors (Lipinski definition) is 3. The molecular formula is C22H21BrN2O3. The highest BCUT2D eigenvalue weighted by Gasteiger charge is 2.08. The number of rotatable bonds is 8. The van der Waals surface area contributed by atoms with Crippen LogP contribution in [0.25, 0.3) is 10.8 Å².